The molecule has 0 unspecified atom stereocenters. The Kier molecular flexibility index (Phi) is 7.52. The van der Waals surface area contributed by atoms with Gasteiger partial charge in [0.05, 0.1) is 12.7 Å². The number of aromatic nitrogens is 3. The van der Waals surface area contributed by atoms with Crippen LogP contribution >= 0.6 is 0 Å². The number of esters is 1. The zero-order chi connectivity index (χ0) is 19.8. The average molecular weight is 372 g/mol. The Hall–Kier alpha value is -2.70. The molecule has 0 atom stereocenters. The highest BCUT2D eigenvalue weighted by molar-refractivity contribution is 5.89. The first-order chi connectivity index (χ1) is 12.8. The third kappa shape index (κ3) is 6.84. The molecule has 2 rings (SSSR count). The van der Waals surface area contributed by atoms with Crippen molar-refractivity contribution in [3.8, 4) is 0 Å². The lowest BCUT2D eigenvalue weighted by molar-refractivity contribution is -0.135. The lowest BCUT2D eigenvalue weighted by atomic mass is 10.1. The van der Waals surface area contributed by atoms with Crippen molar-refractivity contribution in [3.05, 3.63) is 47.8 Å². The highest BCUT2D eigenvalue weighted by Gasteiger charge is 2.20. The van der Waals surface area contributed by atoms with Crippen molar-refractivity contribution in [2.45, 2.75) is 34.2 Å². The van der Waals surface area contributed by atoms with E-state index in [2.05, 4.69) is 38.0 Å². The fourth-order valence-electron chi connectivity index (χ4n) is 2.69. The maximum atomic E-state index is 12.4. The summed E-state index contributed by atoms with van der Waals surface area (Å²) in [6, 6.07) is 9.75. The van der Waals surface area contributed by atoms with Gasteiger partial charge in [0.25, 0.3) is 5.91 Å². The highest BCUT2D eigenvalue weighted by Crippen LogP contribution is 2.06. The molecule has 0 N–H and O–H groups in total. The second kappa shape index (κ2) is 9.85. The molecular formula is C20H28N4O3. The molecule has 0 aliphatic rings. The average Bonchev–Trinajstić information content (AvgIpc) is 3.07. The molecule has 1 aromatic heterocycles. The molecule has 1 amide bonds. The van der Waals surface area contributed by atoms with Gasteiger partial charge < -0.3 is 9.64 Å². The minimum Gasteiger partial charge on any atom is -0.451 e. The van der Waals surface area contributed by atoms with E-state index in [1.54, 1.807) is 9.58 Å². The van der Waals surface area contributed by atoms with E-state index in [4.69, 9.17) is 4.74 Å². The Morgan fingerprint density at radius 1 is 1.07 bits per heavy atom. The molecule has 0 saturated heterocycles. The van der Waals surface area contributed by atoms with Crippen LogP contribution in [0.1, 0.15) is 43.7 Å². The van der Waals surface area contributed by atoms with Crippen LogP contribution < -0.4 is 0 Å². The van der Waals surface area contributed by atoms with E-state index in [-0.39, 0.29) is 18.2 Å². The Morgan fingerprint density at radius 3 is 2.30 bits per heavy atom. The van der Waals surface area contributed by atoms with Gasteiger partial charge in [0.1, 0.15) is 0 Å². The van der Waals surface area contributed by atoms with Crippen LogP contribution in [-0.4, -0.2) is 51.5 Å². The van der Waals surface area contributed by atoms with Gasteiger partial charge >= 0.3 is 5.97 Å². The van der Waals surface area contributed by atoms with Gasteiger partial charge in [-0.05, 0) is 17.4 Å². The van der Waals surface area contributed by atoms with Crippen LogP contribution in [0, 0.1) is 11.8 Å². The Bertz CT molecular complexity index is 731. The van der Waals surface area contributed by atoms with E-state index in [1.807, 2.05) is 30.3 Å². The number of rotatable bonds is 9. The van der Waals surface area contributed by atoms with Gasteiger partial charge in [-0.3, -0.25) is 4.79 Å². The summed E-state index contributed by atoms with van der Waals surface area (Å²) < 4.78 is 6.72. The number of hydrogen-bond donors (Lipinski definition) is 0. The van der Waals surface area contributed by atoms with Crippen LogP contribution in [0.25, 0.3) is 0 Å². The van der Waals surface area contributed by atoms with Gasteiger partial charge in [-0.15, -0.1) is 5.10 Å². The molecule has 27 heavy (non-hydrogen) atoms. The molecule has 0 fully saturated rings. The van der Waals surface area contributed by atoms with Gasteiger partial charge in [0.2, 0.25) is 0 Å². The number of carbonyl (C=O) groups excluding carboxylic acids is 2. The first-order valence-corrected chi connectivity index (χ1v) is 9.24. The minimum atomic E-state index is -0.642. The monoisotopic (exact) mass is 372 g/mol. The zero-order valence-corrected chi connectivity index (χ0v) is 16.5. The summed E-state index contributed by atoms with van der Waals surface area (Å²) in [5.74, 6) is -0.137. The van der Waals surface area contributed by atoms with E-state index in [0.717, 1.165) is 5.56 Å². The van der Waals surface area contributed by atoms with Gasteiger partial charge in [0, 0.05) is 13.1 Å². The fourth-order valence-corrected chi connectivity index (χ4v) is 2.69. The summed E-state index contributed by atoms with van der Waals surface area (Å²) in [5.41, 5.74) is 1.15. The standard InChI is InChI=1S/C20H28N4O3/c1-15(2)10-23(11-16(3)4)19(25)14-27-20(26)18-13-24(22-21-18)12-17-8-6-5-7-9-17/h5-9,13,15-16H,10-12,14H2,1-4H3. The molecule has 0 saturated carbocycles. The molecule has 0 spiro atoms. The van der Waals surface area contributed by atoms with Gasteiger partial charge in [0.15, 0.2) is 12.3 Å². The first kappa shape index (κ1) is 20.6. The summed E-state index contributed by atoms with van der Waals surface area (Å²) in [4.78, 5) is 26.3. The maximum Gasteiger partial charge on any atom is 0.361 e. The number of nitrogens with zero attached hydrogens (tertiary/aromatic N) is 4. The molecule has 7 heteroatoms. The van der Waals surface area contributed by atoms with Crippen LogP contribution in [0.4, 0.5) is 0 Å². The Labute approximate surface area is 160 Å². The van der Waals surface area contributed by atoms with Crippen molar-refractivity contribution in [1.29, 1.82) is 0 Å². The summed E-state index contributed by atoms with van der Waals surface area (Å²) >= 11 is 0. The van der Waals surface area contributed by atoms with Crippen molar-refractivity contribution in [3.63, 3.8) is 0 Å². The van der Waals surface area contributed by atoms with E-state index in [1.165, 1.54) is 6.20 Å². The summed E-state index contributed by atoms with van der Waals surface area (Å²) in [7, 11) is 0. The second-order valence-electron chi connectivity index (χ2n) is 7.45. The van der Waals surface area contributed by atoms with E-state index in [0.29, 0.717) is 31.5 Å². The topological polar surface area (TPSA) is 77.3 Å². The van der Waals surface area contributed by atoms with Crippen LogP contribution in [0.5, 0.6) is 0 Å². The van der Waals surface area contributed by atoms with Crippen molar-refractivity contribution < 1.29 is 14.3 Å². The van der Waals surface area contributed by atoms with Crippen molar-refractivity contribution >= 4 is 11.9 Å². The highest BCUT2D eigenvalue weighted by atomic mass is 16.5. The van der Waals surface area contributed by atoms with Crippen LogP contribution in [0.3, 0.4) is 0 Å². The largest absolute Gasteiger partial charge is 0.451 e. The first-order valence-electron chi connectivity index (χ1n) is 9.24. The van der Waals surface area contributed by atoms with Crippen molar-refractivity contribution in [1.82, 2.24) is 19.9 Å². The molecule has 0 aliphatic heterocycles. The van der Waals surface area contributed by atoms with E-state index in [9.17, 15) is 9.59 Å². The van der Waals surface area contributed by atoms with Gasteiger partial charge in [-0.25, -0.2) is 9.48 Å². The quantitative estimate of drug-likeness (QED) is 0.633. The summed E-state index contributed by atoms with van der Waals surface area (Å²) in [6.45, 7) is 9.72. The van der Waals surface area contributed by atoms with Gasteiger partial charge in [-0.1, -0.05) is 63.2 Å². The summed E-state index contributed by atoms with van der Waals surface area (Å²) in [6.07, 6.45) is 1.53. The molecule has 1 aromatic carbocycles. The fraction of sp³-hybridized carbons (Fsp3) is 0.500. The third-order valence-electron chi connectivity index (χ3n) is 3.79. The number of carbonyl (C=O) groups is 2. The van der Waals surface area contributed by atoms with Crippen LogP contribution in [0.15, 0.2) is 36.5 Å². The van der Waals surface area contributed by atoms with Crippen molar-refractivity contribution in [2.24, 2.45) is 11.8 Å². The van der Waals surface area contributed by atoms with E-state index >= 15 is 0 Å². The second-order valence-corrected chi connectivity index (χ2v) is 7.45. The lowest BCUT2D eigenvalue weighted by Gasteiger charge is -2.26. The van der Waals surface area contributed by atoms with Gasteiger partial charge in [-0.2, -0.15) is 0 Å². The van der Waals surface area contributed by atoms with E-state index < -0.39 is 5.97 Å². The zero-order valence-electron chi connectivity index (χ0n) is 16.5. The number of hydrogen-bond acceptors (Lipinski definition) is 5. The van der Waals surface area contributed by atoms with Crippen LogP contribution in [0.2, 0.25) is 0 Å². The molecule has 0 radical (unpaired) electrons. The number of benzene rings is 1. The molecule has 0 bridgehead atoms. The minimum absolute atomic E-state index is 0.0954. The maximum absolute atomic E-state index is 12.4. The molecule has 7 nitrogen and oxygen atoms in total. The van der Waals surface area contributed by atoms with Crippen LogP contribution in [-0.2, 0) is 16.1 Å². The predicted molar refractivity (Wildman–Crippen MR) is 102 cm³/mol. The molecule has 0 aliphatic carbocycles. The normalized spacial score (nSPS) is 11.0. The molecule has 2 aromatic rings. The Balaban J connectivity index is 1.90. The third-order valence-corrected chi connectivity index (χ3v) is 3.79. The number of ether oxygens (including phenoxy) is 1. The summed E-state index contributed by atoms with van der Waals surface area (Å²) in [5, 5.41) is 7.79. The molecule has 1 heterocycles. The Morgan fingerprint density at radius 2 is 1.70 bits per heavy atom. The lowest BCUT2D eigenvalue weighted by Crippen LogP contribution is -2.39. The smallest absolute Gasteiger partial charge is 0.361 e. The molecule has 146 valence electrons. The molecular weight excluding hydrogens is 344 g/mol. The predicted octanol–water partition coefficient (Wildman–Crippen LogP) is 2.62. The van der Waals surface area contributed by atoms with Crippen molar-refractivity contribution in [2.75, 3.05) is 19.7 Å². The SMILES string of the molecule is CC(C)CN(CC(C)C)C(=O)COC(=O)c1cn(Cc2ccccc2)nn1. The number of amides is 1.